The Kier molecular flexibility index (Phi) is 12.9. The molecule has 0 atom stereocenters. The number of amides is 1. The molecule has 0 rings (SSSR count). The summed E-state index contributed by atoms with van der Waals surface area (Å²) in [6.07, 6.45) is 0.978. The molecule has 0 fully saturated rings. The number of hydroxylamine groups is 2. The SMILES string of the molecule is CC(=O)N(O)/C=C/C(=O)P(=O)(O)O.[NaH].[NaH]. The van der Waals surface area contributed by atoms with Gasteiger partial charge in [0.25, 0.3) is 5.52 Å². The van der Waals surface area contributed by atoms with E-state index >= 15 is 0 Å². The average Bonchev–Trinajstić information content (AvgIpc) is 1.97. The fourth-order valence-corrected chi connectivity index (χ4v) is 0.597. The molecule has 0 aromatic rings. The van der Waals surface area contributed by atoms with Gasteiger partial charge in [-0.25, -0.2) is 0 Å². The fourth-order valence-electron chi connectivity index (χ4n) is 0.336. The van der Waals surface area contributed by atoms with Crippen LogP contribution in [0.2, 0.25) is 0 Å². The van der Waals surface area contributed by atoms with Gasteiger partial charge in [0, 0.05) is 19.2 Å². The molecule has 0 aliphatic heterocycles. The van der Waals surface area contributed by atoms with Crippen molar-refractivity contribution in [1.82, 2.24) is 5.06 Å². The maximum atomic E-state index is 10.5. The minimum atomic E-state index is -4.82. The zero-order chi connectivity index (χ0) is 10.6. The monoisotopic (exact) mass is 257 g/mol. The van der Waals surface area contributed by atoms with Crippen molar-refractivity contribution in [3.63, 3.8) is 0 Å². The van der Waals surface area contributed by atoms with E-state index in [4.69, 9.17) is 15.0 Å². The van der Waals surface area contributed by atoms with Crippen LogP contribution in [0.4, 0.5) is 0 Å². The summed E-state index contributed by atoms with van der Waals surface area (Å²) in [6.45, 7) is 1.01. The van der Waals surface area contributed by atoms with Gasteiger partial charge < -0.3 is 9.79 Å². The molecule has 0 aliphatic carbocycles. The summed E-state index contributed by atoms with van der Waals surface area (Å²) in [5, 5.41) is 8.67. The van der Waals surface area contributed by atoms with Gasteiger partial charge in [-0.2, -0.15) is 5.06 Å². The van der Waals surface area contributed by atoms with Gasteiger partial charge in [0.1, 0.15) is 0 Å². The van der Waals surface area contributed by atoms with E-state index in [0.717, 1.165) is 6.92 Å². The first-order valence-electron chi connectivity index (χ1n) is 3.02. The van der Waals surface area contributed by atoms with Gasteiger partial charge in [0.15, 0.2) is 0 Å². The molecule has 0 saturated carbocycles. The van der Waals surface area contributed by atoms with Crippen LogP contribution in [0, 0.1) is 0 Å². The van der Waals surface area contributed by atoms with Crippen LogP contribution in [-0.2, 0) is 14.2 Å². The summed E-state index contributed by atoms with van der Waals surface area (Å²) < 4.78 is 10.2. The third kappa shape index (κ3) is 9.89. The fraction of sp³-hybridized carbons (Fsp3) is 0.200. The number of nitrogens with zero attached hydrogens (tertiary/aromatic N) is 1. The van der Waals surface area contributed by atoms with E-state index in [9.17, 15) is 14.2 Å². The van der Waals surface area contributed by atoms with Gasteiger partial charge in [-0.15, -0.1) is 0 Å². The van der Waals surface area contributed by atoms with Gasteiger partial charge >= 0.3 is 66.7 Å². The van der Waals surface area contributed by atoms with Gasteiger partial charge in [-0.3, -0.25) is 19.4 Å². The molecule has 15 heavy (non-hydrogen) atoms. The summed E-state index contributed by atoms with van der Waals surface area (Å²) in [5.41, 5.74) is -1.48. The molecular weight excluding hydrogens is 247 g/mol. The van der Waals surface area contributed by atoms with Gasteiger partial charge in [-0.1, -0.05) is 0 Å². The third-order valence-corrected chi connectivity index (χ3v) is 1.69. The van der Waals surface area contributed by atoms with Crippen molar-refractivity contribution in [2.75, 3.05) is 0 Å². The summed E-state index contributed by atoms with van der Waals surface area (Å²) in [6, 6.07) is 0. The van der Waals surface area contributed by atoms with Crippen LogP contribution in [-0.4, -0.2) is 90.6 Å². The zero-order valence-corrected chi connectivity index (χ0v) is 7.51. The van der Waals surface area contributed by atoms with E-state index in [0.29, 0.717) is 12.3 Å². The second-order valence-corrected chi connectivity index (χ2v) is 3.59. The van der Waals surface area contributed by atoms with Crippen LogP contribution >= 0.6 is 7.60 Å². The second-order valence-electron chi connectivity index (χ2n) is 2.06. The van der Waals surface area contributed by atoms with E-state index in [1.165, 1.54) is 0 Å². The molecule has 0 heterocycles. The molecular formula is C5H10NNa2O6P. The van der Waals surface area contributed by atoms with Crippen LogP contribution in [0.25, 0.3) is 0 Å². The Morgan fingerprint density at radius 3 is 1.93 bits per heavy atom. The van der Waals surface area contributed by atoms with Crippen LogP contribution in [0.5, 0.6) is 0 Å². The first-order valence-corrected chi connectivity index (χ1v) is 4.63. The van der Waals surface area contributed by atoms with E-state index in [2.05, 4.69) is 0 Å². The van der Waals surface area contributed by atoms with Crippen molar-refractivity contribution in [1.29, 1.82) is 0 Å². The number of allylic oxidation sites excluding steroid dienone is 1. The molecule has 0 aliphatic rings. The topological polar surface area (TPSA) is 115 Å². The molecule has 3 N–H and O–H groups in total. The molecule has 10 heteroatoms. The van der Waals surface area contributed by atoms with Gasteiger partial charge in [0.2, 0.25) is 5.91 Å². The molecule has 0 unspecified atom stereocenters. The van der Waals surface area contributed by atoms with Crippen molar-refractivity contribution < 1.29 is 29.1 Å². The maximum absolute atomic E-state index is 10.5. The van der Waals surface area contributed by atoms with Crippen LogP contribution in [0.15, 0.2) is 12.3 Å². The first kappa shape index (κ1) is 21.3. The summed E-state index contributed by atoms with van der Waals surface area (Å²) in [7, 11) is -4.82. The first-order chi connectivity index (χ1) is 5.75. The molecule has 7 nitrogen and oxygen atoms in total. The van der Waals surface area contributed by atoms with Crippen molar-refractivity contribution in [3.05, 3.63) is 12.3 Å². The number of carbonyl (C=O) groups excluding carboxylic acids is 2. The Morgan fingerprint density at radius 2 is 1.67 bits per heavy atom. The molecule has 0 aromatic carbocycles. The van der Waals surface area contributed by atoms with E-state index in [1.54, 1.807) is 0 Å². The molecule has 0 radical (unpaired) electrons. The van der Waals surface area contributed by atoms with E-state index in [-0.39, 0.29) is 64.2 Å². The van der Waals surface area contributed by atoms with Crippen molar-refractivity contribution >= 4 is 78.1 Å². The number of hydrogen-bond acceptors (Lipinski definition) is 4. The Labute approximate surface area is 130 Å². The van der Waals surface area contributed by atoms with Gasteiger partial charge in [-0.05, 0) is 0 Å². The van der Waals surface area contributed by atoms with Gasteiger partial charge in [0.05, 0.1) is 0 Å². The molecule has 1 amide bonds. The average molecular weight is 257 g/mol. The van der Waals surface area contributed by atoms with Crippen LogP contribution in [0.3, 0.4) is 0 Å². The molecule has 0 aromatic heterocycles. The predicted octanol–water partition coefficient (Wildman–Crippen LogP) is -1.85. The number of hydrogen-bond donors (Lipinski definition) is 3. The standard InChI is InChI=1S/C5H8NO6P.2Na.2H/c1-4(7)6(9)3-2-5(8)13(10,11)12;;;;/h2-3,9H,1H3,(H2,10,11,12);;;;/b3-2+;;;;. The Morgan fingerprint density at radius 1 is 1.27 bits per heavy atom. The number of rotatable bonds is 3. The minimum absolute atomic E-state index is 0. The van der Waals surface area contributed by atoms with Crippen LogP contribution in [0.1, 0.15) is 6.92 Å². The third-order valence-electron chi connectivity index (χ3n) is 0.968. The van der Waals surface area contributed by atoms with Crippen molar-refractivity contribution in [2.45, 2.75) is 6.92 Å². The quantitative estimate of drug-likeness (QED) is 0.180. The predicted molar refractivity (Wildman–Crippen MR) is 54.8 cm³/mol. The number of carbonyl (C=O) groups is 2. The molecule has 0 bridgehead atoms. The van der Waals surface area contributed by atoms with Crippen molar-refractivity contribution in [2.24, 2.45) is 0 Å². The second kappa shape index (κ2) is 9.07. The Balaban J connectivity index is -0.000000720. The van der Waals surface area contributed by atoms with Crippen molar-refractivity contribution in [3.8, 4) is 0 Å². The molecule has 78 valence electrons. The summed E-state index contributed by atoms with van der Waals surface area (Å²) in [5.74, 6) is -0.783. The van der Waals surface area contributed by atoms with E-state index in [1.807, 2.05) is 0 Å². The normalized spacial score (nSPS) is 10.1. The van der Waals surface area contributed by atoms with Crippen LogP contribution < -0.4 is 0 Å². The summed E-state index contributed by atoms with van der Waals surface area (Å²) in [4.78, 5) is 37.3. The summed E-state index contributed by atoms with van der Waals surface area (Å²) >= 11 is 0. The van der Waals surface area contributed by atoms with E-state index < -0.39 is 19.0 Å². The Hall–Kier alpha value is 0.990. The Bertz CT molecular complexity index is 300. The zero-order valence-electron chi connectivity index (χ0n) is 6.62. The molecule has 0 spiro atoms. The molecule has 0 saturated heterocycles.